The van der Waals surface area contributed by atoms with E-state index < -0.39 is 10.2 Å². The van der Waals surface area contributed by atoms with Crippen molar-refractivity contribution in [3.05, 3.63) is 0 Å². The fourth-order valence-corrected chi connectivity index (χ4v) is 3.30. The molecule has 5 nitrogen and oxygen atoms in total. The lowest BCUT2D eigenvalue weighted by Crippen LogP contribution is -2.45. The average Bonchev–Trinajstić information content (AvgIpc) is 2.28. The van der Waals surface area contributed by atoms with Crippen molar-refractivity contribution in [2.75, 3.05) is 20.2 Å². The summed E-state index contributed by atoms with van der Waals surface area (Å²) in [5.74, 6) is 0.711. The summed E-state index contributed by atoms with van der Waals surface area (Å²) in [6, 6.07) is 0.0766. The van der Waals surface area contributed by atoms with E-state index in [1.165, 1.54) is 4.31 Å². The summed E-state index contributed by atoms with van der Waals surface area (Å²) in [4.78, 5) is 0. The van der Waals surface area contributed by atoms with Crippen molar-refractivity contribution in [3.63, 3.8) is 0 Å². The summed E-state index contributed by atoms with van der Waals surface area (Å²) < 4.78 is 27.9. The molecule has 1 aliphatic carbocycles. The van der Waals surface area contributed by atoms with Crippen LogP contribution in [0.4, 0.5) is 0 Å². The van der Waals surface area contributed by atoms with Gasteiger partial charge in [-0.25, -0.2) is 0 Å². The zero-order chi connectivity index (χ0) is 12.9. The Morgan fingerprint density at radius 1 is 1.29 bits per heavy atom. The minimum Gasteiger partial charge on any atom is -0.396 e. The van der Waals surface area contributed by atoms with Gasteiger partial charge in [-0.1, -0.05) is 6.92 Å². The predicted molar refractivity (Wildman–Crippen MR) is 67.8 cm³/mol. The third-order valence-corrected chi connectivity index (χ3v) is 5.01. The van der Waals surface area contributed by atoms with Gasteiger partial charge in [0.15, 0.2) is 0 Å². The van der Waals surface area contributed by atoms with E-state index in [-0.39, 0.29) is 12.6 Å². The van der Waals surface area contributed by atoms with E-state index in [9.17, 15) is 8.42 Å². The second-order valence-electron chi connectivity index (χ2n) is 4.98. The molecule has 1 rings (SSSR count). The van der Waals surface area contributed by atoms with Crippen LogP contribution in [0.3, 0.4) is 0 Å². The zero-order valence-corrected chi connectivity index (χ0v) is 11.5. The van der Waals surface area contributed by atoms with Crippen LogP contribution in [-0.2, 0) is 10.2 Å². The highest BCUT2D eigenvalue weighted by atomic mass is 32.2. The van der Waals surface area contributed by atoms with Crippen LogP contribution in [0.1, 0.15) is 39.0 Å². The van der Waals surface area contributed by atoms with Gasteiger partial charge in [0.05, 0.1) is 0 Å². The molecule has 2 N–H and O–H groups in total. The van der Waals surface area contributed by atoms with Crippen LogP contribution in [0.25, 0.3) is 0 Å². The van der Waals surface area contributed by atoms with Crippen LogP contribution in [0.2, 0.25) is 0 Å². The van der Waals surface area contributed by atoms with Crippen molar-refractivity contribution >= 4 is 10.2 Å². The Kier molecular flexibility index (Phi) is 5.85. The van der Waals surface area contributed by atoms with Gasteiger partial charge in [-0.05, 0) is 38.0 Å². The molecule has 0 unspecified atom stereocenters. The molecule has 0 heterocycles. The van der Waals surface area contributed by atoms with E-state index in [4.69, 9.17) is 5.11 Å². The fourth-order valence-electron chi connectivity index (χ4n) is 2.09. The first-order chi connectivity index (χ1) is 7.95. The van der Waals surface area contributed by atoms with E-state index in [0.29, 0.717) is 18.9 Å². The first-order valence-electron chi connectivity index (χ1n) is 6.30. The first kappa shape index (κ1) is 14.9. The van der Waals surface area contributed by atoms with Gasteiger partial charge in [0.2, 0.25) is 0 Å². The molecule has 0 aromatic carbocycles. The van der Waals surface area contributed by atoms with Crippen molar-refractivity contribution in [3.8, 4) is 0 Å². The number of aliphatic hydroxyl groups is 1. The largest absolute Gasteiger partial charge is 0.396 e. The quantitative estimate of drug-likeness (QED) is 0.742. The Hall–Kier alpha value is -0.170. The Labute approximate surface area is 104 Å². The van der Waals surface area contributed by atoms with Gasteiger partial charge in [0.1, 0.15) is 0 Å². The molecule has 0 aromatic rings. The van der Waals surface area contributed by atoms with Crippen molar-refractivity contribution < 1.29 is 13.5 Å². The van der Waals surface area contributed by atoms with Gasteiger partial charge in [0, 0.05) is 26.2 Å². The molecule has 0 bridgehead atoms. The summed E-state index contributed by atoms with van der Waals surface area (Å²) in [6.07, 6.45) is 4.50. The maximum atomic E-state index is 11.9. The van der Waals surface area contributed by atoms with Crippen LogP contribution in [-0.4, -0.2) is 44.1 Å². The second-order valence-corrected chi connectivity index (χ2v) is 6.79. The smallest absolute Gasteiger partial charge is 0.279 e. The number of nitrogens with one attached hydrogen (secondary N) is 1. The van der Waals surface area contributed by atoms with Crippen molar-refractivity contribution in [2.45, 2.75) is 45.1 Å². The van der Waals surface area contributed by atoms with Crippen LogP contribution in [0, 0.1) is 5.92 Å². The second kappa shape index (κ2) is 6.68. The lowest BCUT2D eigenvalue weighted by Gasteiger charge is -2.28. The maximum Gasteiger partial charge on any atom is 0.279 e. The predicted octanol–water partition coefficient (Wildman–Crippen LogP) is 0.714. The summed E-state index contributed by atoms with van der Waals surface area (Å²) in [7, 11) is -1.83. The Morgan fingerprint density at radius 2 is 1.88 bits per heavy atom. The molecule has 0 spiro atoms. The van der Waals surface area contributed by atoms with E-state index in [1.807, 2.05) is 0 Å². The molecule has 1 fully saturated rings. The van der Waals surface area contributed by atoms with Crippen LogP contribution < -0.4 is 4.72 Å². The average molecular weight is 264 g/mol. The lowest BCUT2D eigenvalue weighted by molar-refractivity contribution is 0.273. The summed E-state index contributed by atoms with van der Waals surface area (Å²) in [5.41, 5.74) is 0. The molecule has 1 aliphatic rings. The lowest BCUT2D eigenvalue weighted by atomic mass is 9.88. The zero-order valence-electron chi connectivity index (χ0n) is 10.7. The first-order valence-corrected chi connectivity index (χ1v) is 7.74. The normalized spacial score (nSPS) is 26.4. The third-order valence-electron chi connectivity index (χ3n) is 3.37. The highest BCUT2D eigenvalue weighted by Crippen LogP contribution is 2.24. The Morgan fingerprint density at radius 3 is 2.41 bits per heavy atom. The molecule has 0 aromatic heterocycles. The van der Waals surface area contributed by atoms with Crippen molar-refractivity contribution in [1.82, 2.24) is 9.03 Å². The number of rotatable bonds is 6. The summed E-state index contributed by atoms with van der Waals surface area (Å²) >= 11 is 0. The SMILES string of the molecule is CC1CCC(NS(=O)(=O)N(C)CCCO)CC1. The van der Waals surface area contributed by atoms with E-state index >= 15 is 0 Å². The molecule has 17 heavy (non-hydrogen) atoms. The molecule has 102 valence electrons. The maximum absolute atomic E-state index is 11.9. The van der Waals surface area contributed by atoms with Crippen molar-refractivity contribution in [2.24, 2.45) is 5.92 Å². The highest BCUT2D eigenvalue weighted by Gasteiger charge is 2.25. The topological polar surface area (TPSA) is 69.6 Å². The molecular weight excluding hydrogens is 240 g/mol. The van der Waals surface area contributed by atoms with Crippen LogP contribution in [0.15, 0.2) is 0 Å². The van der Waals surface area contributed by atoms with Gasteiger partial charge in [-0.2, -0.15) is 17.4 Å². The molecule has 0 atom stereocenters. The Balaban J connectivity index is 2.43. The van der Waals surface area contributed by atoms with Gasteiger partial charge >= 0.3 is 0 Å². The van der Waals surface area contributed by atoms with Gasteiger partial charge in [-0.3, -0.25) is 0 Å². The van der Waals surface area contributed by atoms with Crippen molar-refractivity contribution in [1.29, 1.82) is 0 Å². The number of aliphatic hydroxyl groups excluding tert-OH is 1. The molecule has 6 heteroatoms. The monoisotopic (exact) mass is 264 g/mol. The van der Waals surface area contributed by atoms with Gasteiger partial charge in [0.25, 0.3) is 10.2 Å². The molecule has 1 saturated carbocycles. The molecule has 0 amide bonds. The van der Waals surface area contributed by atoms with Gasteiger partial charge in [-0.15, -0.1) is 0 Å². The Bertz CT molecular complexity index is 311. The summed E-state index contributed by atoms with van der Waals surface area (Å²) in [6.45, 7) is 2.58. The molecule has 0 aliphatic heterocycles. The van der Waals surface area contributed by atoms with Crippen LogP contribution >= 0.6 is 0 Å². The third kappa shape index (κ3) is 4.91. The number of hydrogen-bond acceptors (Lipinski definition) is 3. The van der Waals surface area contributed by atoms with Gasteiger partial charge < -0.3 is 5.11 Å². The minimum absolute atomic E-state index is 0.0147. The van der Waals surface area contributed by atoms with Crippen LogP contribution in [0.5, 0.6) is 0 Å². The number of nitrogens with zero attached hydrogens (tertiary/aromatic N) is 1. The highest BCUT2D eigenvalue weighted by molar-refractivity contribution is 7.87. The minimum atomic E-state index is -3.38. The summed E-state index contributed by atoms with van der Waals surface area (Å²) in [5, 5.41) is 8.69. The molecular formula is C11H24N2O3S. The molecule has 0 saturated heterocycles. The van der Waals surface area contributed by atoms with E-state index in [2.05, 4.69) is 11.6 Å². The van der Waals surface area contributed by atoms with E-state index in [1.54, 1.807) is 7.05 Å². The standard InChI is InChI=1S/C11H24N2O3S/c1-10-4-6-11(7-5-10)12-17(15,16)13(2)8-3-9-14/h10-12,14H,3-9H2,1-2H3. The number of hydrogen-bond donors (Lipinski definition) is 2. The molecule has 0 radical (unpaired) electrons. The van der Waals surface area contributed by atoms with E-state index in [0.717, 1.165) is 25.7 Å². The fraction of sp³-hybridized carbons (Fsp3) is 1.00.